The van der Waals surface area contributed by atoms with Crippen LogP contribution in [-0.2, 0) is 0 Å². The molecule has 78 valence electrons. The van der Waals surface area contributed by atoms with Crippen LogP contribution in [-0.4, -0.2) is 4.98 Å². The van der Waals surface area contributed by atoms with Crippen LogP contribution in [0.4, 0.5) is 5.69 Å². The van der Waals surface area contributed by atoms with E-state index in [0.29, 0.717) is 11.1 Å². The summed E-state index contributed by atoms with van der Waals surface area (Å²) in [5, 5.41) is 2.59. The number of pyridine rings is 1. The van der Waals surface area contributed by atoms with Gasteiger partial charge in [-0.3, -0.25) is 4.79 Å². The van der Waals surface area contributed by atoms with Crippen molar-refractivity contribution in [3.05, 3.63) is 52.8 Å². The maximum absolute atomic E-state index is 11.8. The number of hydrogen-bond acceptors (Lipinski definition) is 2. The third-order valence-corrected chi connectivity index (χ3v) is 2.75. The van der Waals surface area contributed by atoms with Crippen molar-refractivity contribution in [2.24, 2.45) is 0 Å². The average Bonchev–Trinajstić information content (AvgIpc) is 2.29. The number of aromatic amines is 1. The van der Waals surface area contributed by atoms with Crippen molar-refractivity contribution in [3.8, 4) is 0 Å². The summed E-state index contributed by atoms with van der Waals surface area (Å²) in [6.45, 7) is 0. The Hall–Kier alpha value is -2.29. The van der Waals surface area contributed by atoms with Crippen molar-refractivity contribution in [1.29, 1.82) is 0 Å². The molecule has 0 aliphatic heterocycles. The molecule has 0 aliphatic carbocycles. The SMILES string of the molecule is Nc1ccc2c(=O)[nH]c3ccccc3c2c1. The molecule has 16 heavy (non-hydrogen) atoms. The normalized spacial score (nSPS) is 11.0. The highest BCUT2D eigenvalue weighted by atomic mass is 16.1. The number of hydrogen-bond donors (Lipinski definition) is 2. The van der Waals surface area contributed by atoms with E-state index in [1.54, 1.807) is 12.1 Å². The Bertz CT molecular complexity index is 744. The molecule has 3 heteroatoms. The third-order valence-electron chi connectivity index (χ3n) is 2.75. The van der Waals surface area contributed by atoms with Gasteiger partial charge in [0.25, 0.3) is 5.56 Å². The van der Waals surface area contributed by atoms with Gasteiger partial charge in [-0.1, -0.05) is 18.2 Å². The number of nitrogen functional groups attached to an aromatic ring is 1. The fourth-order valence-corrected chi connectivity index (χ4v) is 2.00. The smallest absolute Gasteiger partial charge is 0.256 e. The van der Waals surface area contributed by atoms with Gasteiger partial charge < -0.3 is 10.7 Å². The predicted octanol–water partition coefficient (Wildman–Crippen LogP) is 2.26. The highest BCUT2D eigenvalue weighted by Gasteiger charge is 2.04. The van der Waals surface area contributed by atoms with Crippen LogP contribution in [0.3, 0.4) is 0 Å². The van der Waals surface area contributed by atoms with Crippen molar-refractivity contribution in [2.45, 2.75) is 0 Å². The zero-order valence-electron chi connectivity index (χ0n) is 8.53. The summed E-state index contributed by atoms with van der Waals surface area (Å²) in [6, 6.07) is 13.1. The monoisotopic (exact) mass is 210 g/mol. The largest absolute Gasteiger partial charge is 0.399 e. The molecule has 0 atom stereocenters. The second-order valence-electron chi connectivity index (χ2n) is 3.80. The molecule has 2 aromatic carbocycles. The van der Waals surface area contributed by atoms with Crippen LogP contribution < -0.4 is 11.3 Å². The lowest BCUT2D eigenvalue weighted by atomic mass is 10.1. The van der Waals surface area contributed by atoms with Gasteiger partial charge >= 0.3 is 0 Å². The van der Waals surface area contributed by atoms with Crippen LogP contribution >= 0.6 is 0 Å². The Morgan fingerprint density at radius 2 is 1.75 bits per heavy atom. The first-order chi connectivity index (χ1) is 7.75. The number of rotatable bonds is 0. The van der Waals surface area contributed by atoms with Crippen molar-refractivity contribution >= 4 is 27.4 Å². The van der Waals surface area contributed by atoms with Gasteiger partial charge in [0.15, 0.2) is 0 Å². The molecule has 0 spiro atoms. The number of fused-ring (bicyclic) bond motifs is 3. The number of benzene rings is 2. The molecule has 0 bridgehead atoms. The van der Waals surface area contributed by atoms with Crippen LogP contribution in [0.15, 0.2) is 47.3 Å². The molecular weight excluding hydrogens is 200 g/mol. The third kappa shape index (κ3) is 1.18. The topological polar surface area (TPSA) is 58.9 Å². The molecule has 0 saturated carbocycles. The number of anilines is 1. The van der Waals surface area contributed by atoms with Gasteiger partial charge in [-0.05, 0) is 29.7 Å². The Kier molecular flexibility index (Phi) is 1.74. The molecule has 0 saturated heterocycles. The summed E-state index contributed by atoms with van der Waals surface area (Å²) in [6.07, 6.45) is 0. The Morgan fingerprint density at radius 1 is 0.938 bits per heavy atom. The number of aromatic nitrogens is 1. The number of nitrogens with one attached hydrogen (secondary N) is 1. The van der Waals surface area contributed by atoms with Gasteiger partial charge in [0.2, 0.25) is 0 Å². The van der Waals surface area contributed by atoms with Crippen molar-refractivity contribution in [1.82, 2.24) is 4.98 Å². The molecule has 0 radical (unpaired) electrons. The van der Waals surface area contributed by atoms with E-state index in [1.807, 2.05) is 30.3 Å². The van der Waals surface area contributed by atoms with Crippen LogP contribution in [0, 0.1) is 0 Å². The fraction of sp³-hybridized carbons (Fsp3) is 0. The van der Waals surface area contributed by atoms with Gasteiger partial charge in [0, 0.05) is 22.0 Å². The lowest BCUT2D eigenvalue weighted by Gasteiger charge is -2.03. The Balaban J connectivity index is 2.67. The lowest BCUT2D eigenvalue weighted by molar-refractivity contribution is 1.34. The zero-order valence-corrected chi connectivity index (χ0v) is 8.53. The first-order valence-electron chi connectivity index (χ1n) is 5.06. The van der Waals surface area contributed by atoms with Gasteiger partial charge in [0.05, 0.1) is 0 Å². The summed E-state index contributed by atoms with van der Waals surface area (Å²) >= 11 is 0. The predicted molar refractivity (Wildman–Crippen MR) is 66.5 cm³/mol. The van der Waals surface area contributed by atoms with Gasteiger partial charge in [0.1, 0.15) is 0 Å². The highest BCUT2D eigenvalue weighted by molar-refractivity contribution is 6.06. The van der Waals surface area contributed by atoms with E-state index in [9.17, 15) is 4.79 Å². The van der Waals surface area contributed by atoms with E-state index in [2.05, 4.69) is 4.98 Å². The summed E-state index contributed by atoms with van der Waals surface area (Å²) in [4.78, 5) is 14.7. The number of nitrogens with two attached hydrogens (primary N) is 1. The van der Waals surface area contributed by atoms with E-state index in [0.717, 1.165) is 16.3 Å². The lowest BCUT2D eigenvalue weighted by Crippen LogP contribution is -2.06. The van der Waals surface area contributed by atoms with Crippen LogP contribution in [0.25, 0.3) is 21.7 Å². The Labute approximate surface area is 91.5 Å². The molecule has 1 aromatic heterocycles. The quantitative estimate of drug-likeness (QED) is 0.441. The van der Waals surface area contributed by atoms with Gasteiger partial charge in [-0.15, -0.1) is 0 Å². The van der Waals surface area contributed by atoms with Crippen LogP contribution in [0.2, 0.25) is 0 Å². The summed E-state index contributed by atoms with van der Waals surface area (Å²) < 4.78 is 0. The zero-order chi connectivity index (χ0) is 11.1. The van der Waals surface area contributed by atoms with E-state index < -0.39 is 0 Å². The molecule has 0 fully saturated rings. The van der Waals surface area contributed by atoms with Crippen molar-refractivity contribution in [3.63, 3.8) is 0 Å². The van der Waals surface area contributed by atoms with Crippen LogP contribution in [0.1, 0.15) is 0 Å². The molecule has 3 rings (SSSR count). The van der Waals surface area contributed by atoms with Crippen molar-refractivity contribution < 1.29 is 0 Å². The number of H-pyrrole nitrogens is 1. The minimum Gasteiger partial charge on any atom is -0.399 e. The van der Waals surface area contributed by atoms with Gasteiger partial charge in [-0.2, -0.15) is 0 Å². The molecular formula is C13H10N2O. The molecule has 0 amide bonds. The highest BCUT2D eigenvalue weighted by Crippen LogP contribution is 2.22. The van der Waals surface area contributed by atoms with E-state index in [4.69, 9.17) is 5.73 Å². The average molecular weight is 210 g/mol. The second kappa shape index (κ2) is 3.10. The summed E-state index contributed by atoms with van der Waals surface area (Å²) in [7, 11) is 0. The van der Waals surface area contributed by atoms with E-state index in [-0.39, 0.29) is 5.56 Å². The van der Waals surface area contributed by atoms with E-state index >= 15 is 0 Å². The molecule has 0 aliphatic rings. The first kappa shape index (κ1) is 8.97. The Morgan fingerprint density at radius 3 is 2.62 bits per heavy atom. The molecule has 1 heterocycles. The molecule has 0 unspecified atom stereocenters. The summed E-state index contributed by atoms with van der Waals surface area (Å²) in [5.74, 6) is 0. The standard InChI is InChI=1S/C13H10N2O/c14-8-5-6-10-11(7-8)9-3-1-2-4-12(9)15-13(10)16/h1-7H,14H2,(H,15,16). The fourth-order valence-electron chi connectivity index (χ4n) is 2.00. The molecule has 3 N–H and O–H groups in total. The van der Waals surface area contributed by atoms with Crippen molar-refractivity contribution in [2.75, 3.05) is 5.73 Å². The second-order valence-corrected chi connectivity index (χ2v) is 3.80. The maximum atomic E-state index is 11.8. The van der Waals surface area contributed by atoms with Crippen LogP contribution in [0.5, 0.6) is 0 Å². The maximum Gasteiger partial charge on any atom is 0.256 e. The molecule has 3 nitrogen and oxygen atoms in total. The van der Waals surface area contributed by atoms with Gasteiger partial charge in [-0.25, -0.2) is 0 Å². The minimum atomic E-state index is -0.0753. The number of para-hydroxylation sites is 1. The van der Waals surface area contributed by atoms with E-state index in [1.165, 1.54) is 0 Å². The minimum absolute atomic E-state index is 0.0753. The molecule has 3 aromatic rings. The summed E-state index contributed by atoms with van der Waals surface area (Å²) in [5.41, 5.74) is 7.19. The first-order valence-corrected chi connectivity index (χ1v) is 5.06.